The highest BCUT2D eigenvalue weighted by molar-refractivity contribution is 9.10. The van der Waals surface area contributed by atoms with Crippen LogP contribution in [0.15, 0.2) is 47.1 Å². The number of carbonyl (C=O) groups is 1. The molecule has 0 atom stereocenters. The Hall–Kier alpha value is -1.38. The highest BCUT2D eigenvalue weighted by Gasteiger charge is 2.04. The molecule has 138 valence electrons. The number of methoxy groups -OCH3 is 1. The van der Waals surface area contributed by atoms with Crippen LogP contribution in [0.25, 0.3) is 0 Å². The molecule has 0 saturated heterocycles. The van der Waals surface area contributed by atoms with Gasteiger partial charge in [0.25, 0.3) is 0 Å². The first-order valence-electron chi connectivity index (χ1n) is 7.06. The van der Waals surface area contributed by atoms with Crippen LogP contribution < -0.4 is 15.4 Å². The van der Waals surface area contributed by atoms with Crippen LogP contribution in [0, 0.1) is 0 Å². The van der Waals surface area contributed by atoms with Crippen LogP contribution in [0.4, 0.5) is 5.69 Å². The molecule has 6 nitrogen and oxygen atoms in total. The maximum atomic E-state index is 11.7. The lowest BCUT2D eigenvalue weighted by Crippen LogP contribution is -2.30. The van der Waals surface area contributed by atoms with Crippen LogP contribution >= 0.6 is 40.7 Å². The molecule has 0 radical (unpaired) electrons. The summed E-state index contributed by atoms with van der Waals surface area (Å²) in [6.07, 6.45) is 1.56. The van der Waals surface area contributed by atoms with Crippen molar-refractivity contribution in [3.8, 4) is 11.6 Å². The Balaban J connectivity index is 0.00000288. The van der Waals surface area contributed by atoms with Gasteiger partial charge in [-0.2, -0.15) is 0 Å². The lowest BCUT2D eigenvalue weighted by Gasteiger charge is -2.08. The number of anilines is 1. The fraction of sp³-hybridized carbons (Fsp3) is 0.250. The zero-order chi connectivity index (χ0) is 16.5. The number of carbonyl (C=O) groups excluding carboxylic acids is 1. The lowest BCUT2D eigenvalue weighted by atomic mass is 10.3. The van der Waals surface area contributed by atoms with E-state index in [0.29, 0.717) is 30.5 Å². The molecule has 1 heterocycles. The standard InChI is InChI=1S/C16H18BrN3O3.2ClH/c1-22-8-7-18-11-15(21)20-13-5-6-16(19-10-13)23-14-4-2-3-12(17)9-14;;/h2-6,9-10,18H,7-8,11H2,1H3,(H,20,21);2*1H. The normalized spacial score (nSPS) is 9.52. The largest absolute Gasteiger partial charge is 0.439 e. The molecule has 0 unspecified atom stereocenters. The molecule has 0 spiro atoms. The monoisotopic (exact) mass is 451 g/mol. The minimum Gasteiger partial charge on any atom is -0.439 e. The Morgan fingerprint density at radius 1 is 1.24 bits per heavy atom. The molecule has 0 aliphatic carbocycles. The van der Waals surface area contributed by atoms with Gasteiger partial charge in [0.1, 0.15) is 5.75 Å². The average Bonchev–Trinajstić information content (AvgIpc) is 2.54. The summed E-state index contributed by atoms with van der Waals surface area (Å²) in [6, 6.07) is 10.9. The number of benzene rings is 1. The van der Waals surface area contributed by atoms with Crippen LogP contribution in [-0.2, 0) is 9.53 Å². The molecule has 2 rings (SSSR count). The van der Waals surface area contributed by atoms with Gasteiger partial charge in [-0.15, -0.1) is 24.8 Å². The third kappa shape index (κ3) is 9.04. The van der Waals surface area contributed by atoms with E-state index in [2.05, 4.69) is 31.5 Å². The topological polar surface area (TPSA) is 72.5 Å². The summed E-state index contributed by atoms with van der Waals surface area (Å²) >= 11 is 3.38. The first kappa shape index (κ1) is 23.6. The smallest absolute Gasteiger partial charge is 0.238 e. The van der Waals surface area contributed by atoms with Crippen molar-refractivity contribution in [1.29, 1.82) is 0 Å². The van der Waals surface area contributed by atoms with Crippen molar-refractivity contribution in [3.63, 3.8) is 0 Å². The fourth-order valence-corrected chi connectivity index (χ4v) is 2.13. The van der Waals surface area contributed by atoms with Crippen LogP contribution in [-0.4, -0.2) is 37.7 Å². The number of pyridine rings is 1. The number of amides is 1. The van der Waals surface area contributed by atoms with E-state index in [9.17, 15) is 4.79 Å². The molecule has 0 fully saturated rings. The molecule has 2 aromatic rings. The molecular weight excluding hydrogens is 433 g/mol. The van der Waals surface area contributed by atoms with Crippen LogP contribution in [0.5, 0.6) is 11.6 Å². The second-order valence-electron chi connectivity index (χ2n) is 4.66. The van der Waals surface area contributed by atoms with E-state index in [1.165, 1.54) is 0 Å². The third-order valence-corrected chi connectivity index (χ3v) is 3.30. The second kappa shape index (κ2) is 12.9. The number of nitrogens with zero attached hydrogens (tertiary/aromatic N) is 1. The van der Waals surface area contributed by atoms with E-state index in [4.69, 9.17) is 9.47 Å². The lowest BCUT2D eigenvalue weighted by molar-refractivity contribution is -0.115. The quantitative estimate of drug-likeness (QED) is 0.598. The Kier molecular flexibility index (Phi) is 12.2. The number of nitrogens with one attached hydrogen (secondary N) is 2. The number of rotatable bonds is 8. The van der Waals surface area contributed by atoms with Gasteiger partial charge in [-0.25, -0.2) is 4.98 Å². The van der Waals surface area contributed by atoms with E-state index in [-0.39, 0.29) is 37.3 Å². The van der Waals surface area contributed by atoms with Crippen LogP contribution in [0.2, 0.25) is 0 Å². The molecule has 25 heavy (non-hydrogen) atoms. The van der Waals surface area contributed by atoms with Crippen molar-refractivity contribution >= 4 is 52.3 Å². The summed E-state index contributed by atoms with van der Waals surface area (Å²) < 4.78 is 11.5. The predicted molar refractivity (Wildman–Crippen MR) is 106 cm³/mol. The molecule has 1 aromatic heterocycles. The average molecular weight is 453 g/mol. The van der Waals surface area contributed by atoms with Crippen molar-refractivity contribution in [1.82, 2.24) is 10.3 Å². The Bertz CT molecular complexity index is 645. The minimum atomic E-state index is -0.136. The number of hydrogen-bond donors (Lipinski definition) is 2. The second-order valence-corrected chi connectivity index (χ2v) is 5.58. The van der Waals surface area contributed by atoms with Gasteiger partial charge in [-0.1, -0.05) is 22.0 Å². The molecule has 0 bridgehead atoms. The molecule has 1 aromatic carbocycles. The van der Waals surface area contributed by atoms with E-state index < -0.39 is 0 Å². The summed E-state index contributed by atoms with van der Waals surface area (Å²) in [7, 11) is 1.62. The summed E-state index contributed by atoms with van der Waals surface area (Å²) in [5.74, 6) is 1.01. The minimum absolute atomic E-state index is 0. The van der Waals surface area contributed by atoms with Crippen molar-refractivity contribution < 1.29 is 14.3 Å². The summed E-state index contributed by atoms with van der Waals surface area (Å²) in [5.41, 5.74) is 0.616. The predicted octanol–water partition coefficient (Wildman–Crippen LogP) is 3.65. The first-order valence-corrected chi connectivity index (χ1v) is 7.85. The van der Waals surface area contributed by atoms with Crippen molar-refractivity contribution in [2.75, 3.05) is 32.1 Å². The fourth-order valence-electron chi connectivity index (χ4n) is 1.75. The first-order chi connectivity index (χ1) is 11.2. The van der Waals surface area contributed by atoms with Gasteiger partial charge in [-0.3, -0.25) is 4.79 Å². The van der Waals surface area contributed by atoms with E-state index >= 15 is 0 Å². The molecule has 2 N–H and O–H groups in total. The molecule has 0 aliphatic heterocycles. The number of ether oxygens (including phenoxy) is 2. The SMILES string of the molecule is COCCNCC(=O)Nc1ccc(Oc2cccc(Br)c2)nc1.Cl.Cl. The zero-order valence-corrected chi connectivity index (χ0v) is 16.7. The van der Waals surface area contributed by atoms with Crippen LogP contribution in [0.3, 0.4) is 0 Å². The van der Waals surface area contributed by atoms with Gasteiger partial charge >= 0.3 is 0 Å². The highest BCUT2D eigenvalue weighted by atomic mass is 79.9. The van der Waals surface area contributed by atoms with Crippen LogP contribution in [0.1, 0.15) is 0 Å². The van der Waals surface area contributed by atoms with Gasteiger partial charge in [0, 0.05) is 24.2 Å². The Morgan fingerprint density at radius 3 is 2.68 bits per heavy atom. The van der Waals surface area contributed by atoms with Gasteiger partial charge in [0.05, 0.1) is 25.0 Å². The Labute approximate surface area is 167 Å². The van der Waals surface area contributed by atoms with Crippen molar-refractivity contribution in [2.45, 2.75) is 0 Å². The van der Waals surface area contributed by atoms with Gasteiger partial charge in [0.15, 0.2) is 0 Å². The summed E-state index contributed by atoms with van der Waals surface area (Å²) in [5, 5.41) is 5.72. The van der Waals surface area contributed by atoms with Crippen molar-refractivity contribution in [2.24, 2.45) is 0 Å². The molecule has 0 aliphatic rings. The van der Waals surface area contributed by atoms with Crippen molar-refractivity contribution in [3.05, 3.63) is 47.1 Å². The van der Waals surface area contributed by atoms with Gasteiger partial charge < -0.3 is 20.1 Å². The molecule has 0 saturated carbocycles. The zero-order valence-electron chi connectivity index (χ0n) is 13.5. The number of aromatic nitrogens is 1. The van der Waals surface area contributed by atoms with Gasteiger partial charge in [0.2, 0.25) is 11.8 Å². The summed E-state index contributed by atoms with van der Waals surface area (Å²) in [4.78, 5) is 15.9. The Morgan fingerprint density at radius 2 is 2.04 bits per heavy atom. The highest BCUT2D eigenvalue weighted by Crippen LogP contribution is 2.23. The molecular formula is C16H20BrCl2N3O3. The number of halogens is 3. The van der Waals surface area contributed by atoms with Gasteiger partial charge in [-0.05, 0) is 24.3 Å². The third-order valence-electron chi connectivity index (χ3n) is 2.81. The number of hydrogen-bond acceptors (Lipinski definition) is 5. The summed E-state index contributed by atoms with van der Waals surface area (Å²) in [6.45, 7) is 1.41. The molecule has 9 heteroatoms. The van der Waals surface area contributed by atoms with E-state index in [0.717, 1.165) is 4.47 Å². The molecule has 1 amide bonds. The maximum absolute atomic E-state index is 11.7. The van der Waals surface area contributed by atoms with E-state index in [1.807, 2.05) is 24.3 Å². The van der Waals surface area contributed by atoms with E-state index in [1.54, 1.807) is 25.4 Å². The maximum Gasteiger partial charge on any atom is 0.238 e.